The van der Waals surface area contributed by atoms with Gasteiger partial charge in [0.05, 0.1) is 24.3 Å². The zero-order chi connectivity index (χ0) is 11.7. The van der Waals surface area contributed by atoms with Crippen LogP contribution in [-0.4, -0.2) is 14.7 Å². The van der Waals surface area contributed by atoms with Crippen molar-refractivity contribution in [3.63, 3.8) is 0 Å². The maximum Gasteiger partial charge on any atom is 0.0997 e. The molecular weight excluding hydrogens is 200 g/mol. The third kappa shape index (κ3) is 1.74. The summed E-state index contributed by atoms with van der Waals surface area (Å²) in [5.41, 5.74) is 5.22. The Morgan fingerprint density at radius 2 is 2.00 bits per heavy atom. The fourth-order valence-electron chi connectivity index (χ4n) is 1.82. The van der Waals surface area contributed by atoms with Crippen LogP contribution in [0.15, 0.2) is 24.5 Å². The molecule has 0 aliphatic heterocycles. The SMILES string of the molecule is Cc1ccc(-n2cnc(C)c2C)c(CO)c1. The summed E-state index contributed by atoms with van der Waals surface area (Å²) < 4.78 is 2.01. The second kappa shape index (κ2) is 4.10. The monoisotopic (exact) mass is 216 g/mol. The minimum absolute atomic E-state index is 0.0493. The molecule has 2 aromatic rings. The van der Waals surface area contributed by atoms with Crippen LogP contribution < -0.4 is 0 Å². The average Bonchev–Trinajstić information content (AvgIpc) is 2.60. The van der Waals surface area contributed by atoms with Crippen LogP contribution >= 0.6 is 0 Å². The topological polar surface area (TPSA) is 38.0 Å². The summed E-state index contributed by atoms with van der Waals surface area (Å²) in [6.45, 7) is 6.09. The number of hydrogen-bond acceptors (Lipinski definition) is 2. The highest BCUT2D eigenvalue weighted by Gasteiger charge is 2.08. The lowest BCUT2D eigenvalue weighted by Crippen LogP contribution is -2.01. The number of aliphatic hydroxyl groups excluding tert-OH is 1. The van der Waals surface area contributed by atoms with Gasteiger partial charge in [-0.05, 0) is 26.8 Å². The molecule has 0 fully saturated rings. The maximum atomic E-state index is 9.37. The smallest absolute Gasteiger partial charge is 0.0997 e. The van der Waals surface area contributed by atoms with Crippen molar-refractivity contribution in [2.45, 2.75) is 27.4 Å². The minimum atomic E-state index is 0.0493. The Kier molecular flexibility index (Phi) is 2.79. The summed E-state index contributed by atoms with van der Waals surface area (Å²) in [5, 5.41) is 9.37. The van der Waals surface area contributed by atoms with E-state index in [0.717, 1.165) is 28.2 Å². The average molecular weight is 216 g/mol. The summed E-state index contributed by atoms with van der Waals surface area (Å²) in [6.07, 6.45) is 1.80. The molecule has 0 atom stereocenters. The number of nitrogens with zero attached hydrogens (tertiary/aromatic N) is 2. The van der Waals surface area contributed by atoms with Crippen molar-refractivity contribution in [3.05, 3.63) is 47.0 Å². The summed E-state index contributed by atoms with van der Waals surface area (Å²) in [7, 11) is 0. The van der Waals surface area contributed by atoms with E-state index in [1.54, 1.807) is 6.33 Å². The van der Waals surface area contributed by atoms with Gasteiger partial charge in [-0.25, -0.2) is 4.98 Å². The number of hydrogen-bond donors (Lipinski definition) is 1. The molecule has 2 rings (SSSR count). The van der Waals surface area contributed by atoms with Crippen molar-refractivity contribution in [2.24, 2.45) is 0 Å². The van der Waals surface area contributed by atoms with Crippen LogP contribution in [0.25, 0.3) is 5.69 Å². The Balaban J connectivity index is 2.59. The molecule has 0 aliphatic carbocycles. The molecule has 1 aromatic heterocycles. The highest BCUT2D eigenvalue weighted by molar-refractivity contribution is 5.44. The van der Waals surface area contributed by atoms with Crippen LogP contribution in [-0.2, 0) is 6.61 Å². The molecule has 0 bridgehead atoms. The number of aryl methyl sites for hydroxylation is 2. The number of aromatic nitrogens is 2. The van der Waals surface area contributed by atoms with Crippen LogP contribution in [0.5, 0.6) is 0 Å². The zero-order valence-corrected chi connectivity index (χ0v) is 9.86. The fourth-order valence-corrected chi connectivity index (χ4v) is 1.82. The third-order valence-electron chi connectivity index (χ3n) is 2.92. The van der Waals surface area contributed by atoms with E-state index in [2.05, 4.69) is 4.98 Å². The molecule has 0 radical (unpaired) electrons. The van der Waals surface area contributed by atoms with Crippen molar-refractivity contribution >= 4 is 0 Å². The first kappa shape index (κ1) is 10.9. The Morgan fingerprint density at radius 3 is 2.56 bits per heavy atom. The number of benzene rings is 1. The first-order chi connectivity index (χ1) is 7.63. The quantitative estimate of drug-likeness (QED) is 0.836. The highest BCUT2D eigenvalue weighted by atomic mass is 16.3. The predicted octanol–water partition coefficient (Wildman–Crippen LogP) is 2.29. The molecule has 0 saturated carbocycles. The zero-order valence-electron chi connectivity index (χ0n) is 9.86. The molecule has 84 valence electrons. The van der Waals surface area contributed by atoms with Crippen LogP contribution in [0.2, 0.25) is 0 Å². The van der Waals surface area contributed by atoms with E-state index in [9.17, 15) is 5.11 Å². The van der Waals surface area contributed by atoms with E-state index < -0.39 is 0 Å². The lowest BCUT2D eigenvalue weighted by atomic mass is 10.1. The Hall–Kier alpha value is -1.61. The lowest BCUT2D eigenvalue weighted by Gasteiger charge is -2.11. The van der Waals surface area contributed by atoms with Gasteiger partial charge in [-0.15, -0.1) is 0 Å². The molecule has 0 aliphatic rings. The molecule has 3 heteroatoms. The number of aliphatic hydroxyl groups is 1. The van der Waals surface area contributed by atoms with E-state index in [-0.39, 0.29) is 6.61 Å². The molecule has 0 spiro atoms. The predicted molar refractivity (Wildman–Crippen MR) is 63.7 cm³/mol. The van der Waals surface area contributed by atoms with Gasteiger partial charge in [0, 0.05) is 11.3 Å². The summed E-state index contributed by atoms with van der Waals surface area (Å²) in [5.74, 6) is 0. The van der Waals surface area contributed by atoms with Crippen molar-refractivity contribution in [1.29, 1.82) is 0 Å². The second-order valence-electron chi connectivity index (χ2n) is 4.08. The summed E-state index contributed by atoms with van der Waals surface area (Å²) in [4.78, 5) is 4.27. The van der Waals surface area contributed by atoms with Gasteiger partial charge in [0.25, 0.3) is 0 Å². The molecule has 16 heavy (non-hydrogen) atoms. The van der Waals surface area contributed by atoms with Gasteiger partial charge >= 0.3 is 0 Å². The van der Waals surface area contributed by atoms with E-state index >= 15 is 0 Å². The largest absolute Gasteiger partial charge is 0.392 e. The summed E-state index contributed by atoms with van der Waals surface area (Å²) >= 11 is 0. The number of rotatable bonds is 2. The minimum Gasteiger partial charge on any atom is -0.392 e. The molecular formula is C13H16N2O. The normalized spacial score (nSPS) is 10.8. The van der Waals surface area contributed by atoms with E-state index in [4.69, 9.17) is 0 Å². The maximum absolute atomic E-state index is 9.37. The van der Waals surface area contributed by atoms with Crippen molar-refractivity contribution in [3.8, 4) is 5.69 Å². The van der Waals surface area contributed by atoms with Gasteiger partial charge in [-0.2, -0.15) is 0 Å². The first-order valence-electron chi connectivity index (χ1n) is 5.35. The number of imidazole rings is 1. The first-order valence-corrected chi connectivity index (χ1v) is 5.35. The van der Waals surface area contributed by atoms with E-state index in [0.29, 0.717) is 0 Å². The fraction of sp³-hybridized carbons (Fsp3) is 0.308. The van der Waals surface area contributed by atoms with Crippen molar-refractivity contribution in [1.82, 2.24) is 9.55 Å². The van der Waals surface area contributed by atoms with Crippen molar-refractivity contribution in [2.75, 3.05) is 0 Å². The van der Waals surface area contributed by atoms with Crippen LogP contribution in [0.4, 0.5) is 0 Å². The molecule has 0 saturated heterocycles. The Bertz CT molecular complexity index is 515. The van der Waals surface area contributed by atoms with Gasteiger partial charge < -0.3 is 9.67 Å². The van der Waals surface area contributed by atoms with Gasteiger partial charge in [-0.1, -0.05) is 17.7 Å². The molecule has 1 N–H and O–H groups in total. The second-order valence-corrected chi connectivity index (χ2v) is 4.08. The van der Waals surface area contributed by atoms with E-state index in [1.807, 2.05) is 43.5 Å². The van der Waals surface area contributed by atoms with Crippen LogP contribution in [0.1, 0.15) is 22.5 Å². The van der Waals surface area contributed by atoms with Crippen LogP contribution in [0.3, 0.4) is 0 Å². The van der Waals surface area contributed by atoms with Gasteiger partial charge in [0.2, 0.25) is 0 Å². The highest BCUT2D eigenvalue weighted by Crippen LogP contribution is 2.19. The van der Waals surface area contributed by atoms with E-state index in [1.165, 1.54) is 0 Å². The standard InChI is InChI=1S/C13H16N2O/c1-9-4-5-13(12(6-9)7-16)15-8-14-10(2)11(15)3/h4-6,8,16H,7H2,1-3H3. The molecule has 1 heterocycles. The van der Waals surface area contributed by atoms with Crippen LogP contribution in [0, 0.1) is 20.8 Å². The molecule has 1 aromatic carbocycles. The van der Waals surface area contributed by atoms with Gasteiger partial charge in [0.1, 0.15) is 0 Å². The Morgan fingerprint density at radius 1 is 1.25 bits per heavy atom. The Labute approximate surface area is 95.4 Å². The van der Waals surface area contributed by atoms with Gasteiger partial charge in [0.15, 0.2) is 0 Å². The molecule has 3 nitrogen and oxygen atoms in total. The molecule has 0 amide bonds. The van der Waals surface area contributed by atoms with Gasteiger partial charge in [-0.3, -0.25) is 0 Å². The third-order valence-corrected chi connectivity index (χ3v) is 2.92. The van der Waals surface area contributed by atoms with Crippen molar-refractivity contribution < 1.29 is 5.11 Å². The lowest BCUT2D eigenvalue weighted by molar-refractivity contribution is 0.281. The summed E-state index contributed by atoms with van der Waals surface area (Å²) in [6, 6.07) is 6.07. The molecule has 0 unspecified atom stereocenters.